The van der Waals surface area contributed by atoms with Crippen LogP contribution in [0, 0.1) is 0 Å². The van der Waals surface area contributed by atoms with E-state index in [4.69, 9.17) is 0 Å². The molecule has 0 aliphatic heterocycles. The Balaban J connectivity index is 2.63. The maximum absolute atomic E-state index is 3.51. The summed E-state index contributed by atoms with van der Waals surface area (Å²) in [7, 11) is 0. The number of benzene rings is 1. The van der Waals surface area contributed by atoms with Crippen LogP contribution in [0.2, 0.25) is 0 Å². The maximum atomic E-state index is 3.51. The maximum Gasteiger partial charge on any atom is 0.0291 e. The minimum absolute atomic E-state index is 0.464. The fraction of sp³-hybridized carbons (Fsp3) is 0.600. The quantitative estimate of drug-likeness (QED) is 0.753. The van der Waals surface area contributed by atoms with Gasteiger partial charge in [-0.2, -0.15) is 0 Å². The number of hydrogen-bond donors (Lipinski definition) is 1. The highest BCUT2D eigenvalue weighted by molar-refractivity contribution is 5.26. The van der Waals surface area contributed by atoms with Gasteiger partial charge in [-0.1, -0.05) is 45.0 Å². The second-order valence-corrected chi connectivity index (χ2v) is 4.65. The van der Waals surface area contributed by atoms with Crippen LogP contribution < -0.4 is 5.32 Å². The van der Waals surface area contributed by atoms with E-state index in [1.54, 1.807) is 0 Å². The van der Waals surface area contributed by atoms with Crippen LogP contribution in [0.5, 0.6) is 0 Å². The van der Waals surface area contributed by atoms with Crippen molar-refractivity contribution < 1.29 is 0 Å². The van der Waals surface area contributed by atoms with Gasteiger partial charge >= 0.3 is 0 Å². The molecule has 0 spiro atoms. The topological polar surface area (TPSA) is 12.0 Å². The lowest BCUT2D eigenvalue weighted by Crippen LogP contribution is -2.19. The van der Waals surface area contributed by atoms with E-state index in [9.17, 15) is 0 Å². The zero-order valence-corrected chi connectivity index (χ0v) is 11.1. The molecule has 1 heteroatoms. The molecule has 0 bridgehead atoms. The fourth-order valence-corrected chi connectivity index (χ4v) is 1.83. The number of rotatable bonds is 6. The number of hydrogen-bond acceptors (Lipinski definition) is 1. The minimum Gasteiger partial charge on any atom is -0.310 e. The van der Waals surface area contributed by atoms with Crippen LogP contribution in [0.1, 0.15) is 63.6 Å². The van der Waals surface area contributed by atoms with Gasteiger partial charge in [-0.05, 0) is 43.4 Å². The summed E-state index contributed by atoms with van der Waals surface area (Å²) in [4.78, 5) is 0. The average molecular weight is 219 g/mol. The number of nitrogens with one attached hydrogen (secondary N) is 1. The Morgan fingerprint density at radius 2 is 1.56 bits per heavy atom. The van der Waals surface area contributed by atoms with Crippen molar-refractivity contribution >= 4 is 0 Å². The highest BCUT2D eigenvalue weighted by Crippen LogP contribution is 2.21. The first kappa shape index (κ1) is 13.2. The summed E-state index contributed by atoms with van der Waals surface area (Å²) in [6.45, 7) is 10.0. The van der Waals surface area contributed by atoms with Gasteiger partial charge in [0, 0.05) is 6.04 Å². The molecule has 2 unspecified atom stereocenters. The monoisotopic (exact) mass is 219 g/mol. The zero-order valence-electron chi connectivity index (χ0n) is 11.1. The van der Waals surface area contributed by atoms with Crippen LogP contribution in [0.25, 0.3) is 0 Å². The standard InChI is InChI=1S/C15H25N/c1-5-11-16-13(4)15-9-7-14(8-10-15)12(3)6-2/h7-10,12-13,16H,5-6,11H2,1-4H3. The molecule has 1 aromatic rings. The minimum atomic E-state index is 0.464. The Morgan fingerprint density at radius 3 is 2.06 bits per heavy atom. The molecule has 16 heavy (non-hydrogen) atoms. The predicted molar refractivity (Wildman–Crippen MR) is 71.9 cm³/mol. The molecule has 90 valence electrons. The third-order valence-corrected chi connectivity index (χ3v) is 3.32. The van der Waals surface area contributed by atoms with Gasteiger partial charge in [0.25, 0.3) is 0 Å². The molecule has 2 atom stereocenters. The smallest absolute Gasteiger partial charge is 0.0291 e. The second kappa shape index (κ2) is 6.70. The molecule has 1 aromatic carbocycles. The third-order valence-electron chi connectivity index (χ3n) is 3.32. The molecule has 0 fully saturated rings. The zero-order chi connectivity index (χ0) is 12.0. The Morgan fingerprint density at radius 1 is 1.00 bits per heavy atom. The molecular weight excluding hydrogens is 194 g/mol. The van der Waals surface area contributed by atoms with Crippen LogP contribution in [0.3, 0.4) is 0 Å². The summed E-state index contributed by atoms with van der Waals surface area (Å²) in [6.07, 6.45) is 2.40. The van der Waals surface area contributed by atoms with E-state index in [0.717, 1.165) is 6.54 Å². The summed E-state index contributed by atoms with van der Waals surface area (Å²) in [5.41, 5.74) is 2.84. The van der Waals surface area contributed by atoms with Crippen molar-refractivity contribution in [1.82, 2.24) is 5.32 Å². The first-order valence-corrected chi connectivity index (χ1v) is 6.52. The summed E-state index contributed by atoms with van der Waals surface area (Å²) in [5, 5.41) is 3.51. The molecule has 0 amide bonds. The summed E-state index contributed by atoms with van der Waals surface area (Å²) >= 11 is 0. The Kier molecular flexibility index (Phi) is 5.54. The molecule has 0 saturated heterocycles. The van der Waals surface area contributed by atoms with E-state index in [2.05, 4.69) is 57.3 Å². The predicted octanol–water partition coefficient (Wildman–Crippen LogP) is 4.26. The first-order valence-electron chi connectivity index (χ1n) is 6.52. The van der Waals surface area contributed by atoms with Gasteiger partial charge in [-0.15, -0.1) is 0 Å². The van der Waals surface area contributed by atoms with Crippen LogP contribution in [0.4, 0.5) is 0 Å². The molecule has 0 aromatic heterocycles. The Labute approximate surface area is 100 Å². The molecule has 1 nitrogen and oxygen atoms in total. The van der Waals surface area contributed by atoms with Gasteiger partial charge in [0.2, 0.25) is 0 Å². The summed E-state index contributed by atoms with van der Waals surface area (Å²) in [5.74, 6) is 0.674. The van der Waals surface area contributed by atoms with Gasteiger partial charge < -0.3 is 5.32 Å². The van der Waals surface area contributed by atoms with Crippen LogP contribution >= 0.6 is 0 Å². The summed E-state index contributed by atoms with van der Waals surface area (Å²) < 4.78 is 0. The summed E-state index contributed by atoms with van der Waals surface area (Å²) in [6, 6.07) is 9.52. The van der Waals surface area contributed by atoms with Crippen molar-refractivity contribution in [3.63, 3.8) is 0 Å². The van der Waals surface area contributed by atoms with Crippen molar-refractivity contribution in [2.45, 2.75) is 52.5 Å². The molecule has 0 saturated carbocycles. The van der Waals surface area contributed by atoms with Gasteiger partial charge in [0.1, 0.15) is 0 Å². The Bertz CT molecular complexity index is 289. The van der Waals surface area contributed by atoms with Crippen LogP contribution in [-0.4, -0.2) is 6.54 Å². The van der Waals surface area contributed by atoms with Crippen molar-refractivity contribution in [3.05, 3.63) is 35.4 Å². The lowest BCUT2D eigenvalue weighted by molar-refractivity contribution is 0.570. The van der Waals surface area contributed by atoms with E-state index in [1.165, 1.54) is 24.0 Å². The lowest BCUT2D eigenvalue weighted by atomic mass is 9.96. The van der Waals surface area contributed by atoms with Gasteiger partial charge in [0.05, 0.1) is 0 Å². The molecule has 0 aliphatic carbocycles. The fourth-order valence-electron chi connectivity index (χ4n) is 1.83. The van der Waals surface area contributed by atoms with Crippen LogP contribution in [-0.2, 0) is 0 Å². The van der Waals surface area contributed by atoms with Crippen molar-refractivity contribution in [2.75, 3.05) is 6.54 Å². The van der Waals surface area contributed by atoms with Crippen molar-refractivity contribution in [1.29, 1.82) is 0 Å². The normalized spacial score (nSPS) is 14.8. The van der Waals surface area contributed by atoms with Gasteiger partial charge in [-0.3, -0.25) is 0 Å². The highest BCUT2D eigenvalue weighted by atomic mass is 14.9. The molecular formula is C15H25N. The molecule has 1 N–H and O–H groups in total. The van der Waals surface area contributed by atoms with Crippen LogP contribution in [0.15, 0.2) is 24.3 Å². The van der Waals surface area contributed by atoms with E-state index >= 15 is 0 Å². The molecule has 0 radical (unpaired) electrons. The van der Waals surface area contributed by atoms with Gasteiger partial charge in [0.15, 0.2) is 0 Å². The molecule has 1 rings (SSSR count). The second-order valence-electron chi connectivity index (χ2n) is 4.65. The van der Waals surface area contributed by atoms with Gasteiger partial charge in [-0.25, -0.2) is 0 Å². The molecule has 0 heterocycles. The van der Waals surface area contributed by atoms with E-state index in [1.807, 2.05) is 0 Å². The lowest BCUT2D eigenvalue weighted by Gasteiger charge is -2.15. The first-order chi connectivity index (χ1) is 7.69. The third kappa shape index (κ3) is 3.64. The largest absolute Gasteiger partial charge is 0.310 e. The van der Waals surface area contributed by atoms with E-state index in [0.29, 0.717) is 12.0 Å². The van der Waals surface area contributed by atoms with Crippen molar-refractivity contribution in [2.24, 2.45) is 0 Å². The van der Waals surface area contributed by atoms with Crippen molar-refractivity contribution in [3.8, 4) is 0 Å². The SMILES string of the molecule is CCCNC(C)c1ccc(C(C)CC)cc1. The van der Waals surface area contributed by atoms with E-state index in [-0.39, 0.29) is 0 Å². The molecule has 0 aliphatic rings. The Hall–Kier alpha value is -0.820. The van der Waals surface area contributed by atoms with E-state index < -0.39 is 0 Å². The average Bonchev–Trinajstić information content (AvgIpc) is 2.35. The highest BCUT2D eigenvalue weighted by Gasteiger charge is 2.06.